The predicted molar refractivity (Wildman–Crippen MR) is 169 cm³/mol. The van der Waals surface area contributed by atoms with Gasteiger partial charge in [-0.3, -0.25) is 9.59 Å². The molecule has 2 aliphatic rings. The maximum absolute atomic E-state index is 13.1. The van der Waals surface area contributed by atoms with Gasteiger partial charge in [0.05, 0.1) is 13.0 Å². The summed E-state index contributed by atoms with van der Waals surface area (Å²) in [7, 11) is 0. The number of fused-ring (bicyclic) bond motifs is 3. The highest BCUT2D eigenvalue weighted by Crippen LogP contribution is 2.44. The molecule has 1 fully saturated rings. The van der Waals surface area contributed by atoms with Crippen molar-refractivity contribution in [3.63, 3.8) is 0 Å². The number of carboxylic acids is 1. The molecule has 5 rings (SSSR count). The summed E-state index contributed by atoms with van der Waals surface area (Å²) in [6.07, 6.45) is -0.424. The highest BCUT2D eigenvalue weighted by Gasteiger charge is 2.30. The van der Waals surface area contributed by atoms with Crippen molar-refractivity contribution >= 4 is 23.7 Å². The number of carbonyl (C=O) groups is 3. The van der Waals surface area contributed by atoms with Crippen LogP contribution in [0, 0.1) is 6.92 Å². The molecule has 1 saturated heterocycles. The number of piperazine rings is 1. The van der Waals surface area contributed by atoms with Crippen LogP contribution in [-0.2, 0) is 32.0 Å². The number of carboxylic acid groups (broad SMARTS) is 1. The lowest BCUT2D eigenvalue weighted by atomic mass is 9.98. The van der Waals surface area contributed by atoms with Crippen molar-refractivity contribution in [3.8, 4) is 11.1 Å². The third-order valence-corrected chi connectivity index (χ3v) is 8.19. The van der Waals surface area contributed by atoms with E-state index in [-0.39, 0.29) is 37.6 Å². The number of amides is 1. The van der Waals surface area contributed by atoms with Gasteiger partial charge in [0.2, 0.25) is 0 Å². The number of ether oxygens (including phenoxy) is 2. The second-order valence-electron chi connectivity index (χ2n) is 12.4. The highest BCUT2D eigenvalue weighted by atomic mass is 16.6. The Kier molecular flexibility index (Phi) is 9.25. The van der Waals surface area contributed by atoms with Crippen molar-refractivity contribution in [2.24, 2.45) is 0 Å². The number of hydrogen-bond acceptors (Lipinski definition) is 7. The van der Waals surface area contributed by atoms with Crippen LogP contribution in [0.4, 0.5) is 10.5 Å². The van der Waals surface area contributed by atoms with Gasteiger partial charge in [-0.25, -0.2) is 4.79 Å². The third-order valence-electron chi connectivity index (χ3n) is 8.19. The molecule has 0 unspecified atom stereocenters. The molecule has 232 valence electrons. The molecule has 3 aromatic rings. The minimum atomic E-state index is -0.905. The lowest BCUT2D eigenvalue weighted by Crippen LogP contribution is -2.49. The van der Waals surface area contributed by atoms with Gasteiger partial charge in [-0.15, -0.1) is 0 Å². The Bertz CT molecular complexity index is 1490. The van der Waals surface area contributed by atoms with Gasteiger partial charge >= 0.3 is 18.0 Å². The monoisotopic (exact) mass is 599 g/mol. The summed E-state index contributed by atoms with van der Waals surface area (Å²) in [6.45, 7) is 10.3. The zero-order valence-corrected chi connectivity index (χ0v) is 25.9. The summed E-state index contributed by atoms with van der Waals surface area (Å²) >= 11 is 0. The van der Waals surface area contributed by atoms with E-state index in [2.05, 4.69) is 34.5 Å². The minimum Gasteiger partial charge on any atom is -0.481 e. The van der Waals surface area contributed by atoms with Crippen LogP contribution in [-0.4, -0.2) is 73.0 Å². The number of carbonyl (C=O) groups excluding carboxylic acids is 2. The maximum atomic E-state index is 13.1. The molecule has 9 heteroatoms. The van der Waals surface area contributed by atoms with Crippen molar-refractivity contribution in [2.75, 3.05) is 44.2 Å². The van der Waals surface area contributed by atoms with Gasteiger partial charge in [-0.05, 0) is 78.8 Å². The molecule has 0 bridgehead atoms. The summed E-state index contributed by atoms with van der Waals surface area (Å²) in [5.41, 5.74) is 7.60. The quantitative estimate of drug-likeness (QED) is 0.326. The average molecular weight is 600 g/mol. The number of anilines is 1. The normalized spacial score (nSPS) is 14.6. The second kappa shape index (κ2) is 13.1. The summed E-state index contributed by atoms with van der Waals surface area (Å²) < 4.78 is 11.2. The number of nitrogens with zero attached hydrogens (tertiary/aromatic N) is 2. The molecule has 0 radical (unpaired) electrons. The predicted octanol–water partition coefficient (Wildman–Crippen LogP) is 5.12. The van der Waals surface area contributed by atoms with Gasteiger partial charge in [0.1, 0.15) is 12.2 Å². The SMILES string of the molecule is Cc1c(CNCC(=O)OC(C)(C)C)cc(N2CCN(C(=O)OCC3c4ccccc4-c4ccccc43)CC2)cc1CC(=O)O. The fourth-order valence-corrected chi connectivity index (χ4v) is 6.04. The molecule has 44 heavy (non-hydrogen) atoms. The van der Waals surface area contributed by atoms with Gasteiger partial charge in [0.25, 0.3) is 0 Å². The fourth-order valence-electron chi connectivity index (χ4n) is 6.04. The first-order chi connectivity index (χ1) is 21.0. The van der Waals surface area contributed by atoms with Crippen LogP contribution >= 0.6 is 0 Å². The van der Waals surface area contributed by atoms with E-state index in [0.717, 1.165) is 22.4 Å². The van der Waals surface area contributed by atoms with Gasteiger partial charge in [-0.2, -0.15) is 0 Å². The van der Waals surface area contributed by atoms with Crippen molar-refractivity contribution < 1.29 is 29.0 Å². The van der Waals surface area contributed by atoms with Crippen LogP contribution in [0.1, 0.15) is 54.5 Å². The molecule has 1 aliphatic carbocycles. The third kappa shape index (κ3) is 7.22. The summed E-state index contributed by atoms with van der Waals surface area (Å²) in [4.78, 5) is 40.8. The molecule has 1 aliphatic heterocycles. The Morgan fingerprint density at radius 1 is 0.909 bits per heavy atom. The highest BCUT2D eigenvalue weighted by molar-refractivity contribution is 5.79. The number of aliphatic carboxylic acids is 1. The zero-order chi connectivity index (χ0) is 31.4. The molecule has 9 nitrogen and oxygen atoms in total. The van der Waals surface area contributed by atoms with E-state index in [4.69, 9.17) is 9.47 Å². The molecule has 1 amide bonds. The van der Waals surface area contributed by atoms with E-state index < -0.39 is 11.6 Å². The molecule has 2 N–H and O–H groups in total. The van der Waals surface area contributed by atoms with E-state index >= 15 is 0 Å². The van der Waals surface area contributed by atoms with Crippen molar-refractivity contribution in [1.29, 1.82) is 0 Å². The van der Waals surface area contributed by atoms with Crippen LogP contribution in [0.15, 0.2) is 60.7 Å². The molecule has 1 heterocycles. The van der Waals surface area contributed by atoms with Crippen molar-refractivity contribution in [1.82, 2.24) is 10.2 Å². The molecular formula is C35H41N3O6. The Morgan fingerprint density at radius 3 is 2.09 bits per heavy atom. The van der Waals surface area contributed by atoms with Gasteiger partial charge < -0.3 is 29.7 Å². The van der Waals surface area contributed by atoms with Crippen LogP contribution in [0.2, 0.25) is 0 Å². The molecule has 0 aromatic heterocycles. The van der Waals surface area contributed by atoms with Crippen LogP contribution < -0.4 is 10.2 Å². The Morgan fingerprint density at radius 2 is 1.50 bits per heavy atom. The Labute approximate surface area is 258 Å². The smallest absolute Gasteiger partial charge is 0.409 e. The molecule has 0 saturated carbocycles. The van der Waals surface area contributed by atoms with Crippen LogP contribution in [0.3, 0.4) is 0 Å². The molecule has 3 aromatic carbocycles. The Balaban J connectivity index is 1.20. The van der Waals surface area contributed by atoms with Crippen LogP contribution in [0.5, 0.6) is 0 Å². The first-order valence-corrected chi connectivity index (χ1v) is 15.1. The van der Waals surface area contributed by atoms with E-state index in [0.29, 0.717) is 32.7 Å². The largest absolute Gasteiger partial charge is 0.481 e. The standard InChI is InChI=1S/C35H41N3O6/c1-23-24(19-32(39)40)17-26(18-25(23)20-36-21-33(41)44-35(2,3)4)37-13-15-38(16-14-37)34(42)43-22-31-29-11-7-5-9-27(29)28-10-6-8-12-30(28)31/h5-12,17-18,31,36H,13-16,19-22H2,1-4H3,(H,39,40). The summed E-state index contributed by atoms with van der Waals surface area (Å²) in [5.74, 6) is -1.24. The lowest BCUT2D eigenvalue weighted by molar-refractivity contribution is -0.153. The zero-order valence-electron chi connectivity index (χ0n) is 25.9. The average Bonchev–Trinajstić information content (AvgIpc) is 3.30. The number of nitrogens with one attached hydrogen (secondary N) is 1. The topological polar surface area (TPSA) is 108 Å². The van der Waals surface area contributed by atoms with Gasteiger partial charge in [0.15, 0.2) is 0 Å². The number of benzene rings is 3. The Hall–Kier alpha value is -4.37. The molecule has 0 atom stereocenters. The van der Waals surface area contributed by atoms with E-state index in [1.807, 2.05) is 64.1 Å². The number of rotatable bonds is 9. The lowest BCUT2D eigenvalue weighted by Gasteiger charge is -2.36. The number of hydrogen-bond donors (Lipinski definition) is 2. The van der Waals surface area contributed by atoms with Gasteiger partial charge in [-0.1, -0.05) is 48.5 Å². The second-order valence-corrected chi connectivity index (χ2v) is 12.4. The van der Waals surface area contributed by atoms with Crippen molar-refractivity contribution in [2.45, 2.75) is 52.2 Å². The van der Waals surface area contributed by atoms with E-state index in [1.54, 1.807) is 4.90 Å². The first-order valence-electron chi connectivity index (χ1n) is 15.1. The van der Waals surface area contributed by atoms with E-state index in [1.165, 1.54) is 22.3 Å². The van der Waals surface area contributed by atoms with Gasteiger partial charge in [0, 0.05) is 44.3 Å². The summed E-state index contributed by atoms with van der Waals surface area (Å²) in [5, 5.41) is 12.7. The summed E-state index contributed by atoms with van der Waals surface area (Å²) in [6, 6.07) is 20.5. The van der Waals surface area contributed by atoms with E-state index in [9.17, 15) is 19.5 Å². The first kappa shape index (κ1) is 31.1. The molecule has 0 spiro atoms. The maximum Gasteiger partial charge on any atom is 0.409 e. The minimum absolute atomic E-state index is 0.00945. The molecular weight excluding hydrogens is 558 g/mol. The van der Waals surface area contributed by atoms with Crippen LogP contribution in [0.25, 0.3) is 11.1 Å². The van der Waals surface area contributed by atoms with Crippen molar-refractivity contribution in [3.05, 3.63) is 88.5 Å². The fraction of sp³-hybridized carbons (Fsp3) is 0.400. The number of esters is 1.